The van der Waals surface area contributed by atoms with Crippen molar-refractivity contribution in [2.75, 3.05) is 31.3 Å². The Morgan fingerprint density at radius 3 is 2.29 bits per heavy atom. The van der Waals surface area contributed by atoms with Gasteiger partial charge in [-0.25, -0.2) is 13.8 Å². The number of nitrogens with zero attached hydrogens (tertiary/aromatic N) is 2. The fourth-order valence-corrected chi connectivity index (χ4v) is 3.48. The molecule has 2 aromatic rings. The molecule has 0 spiro atoms. The highest BCUT2D eigenvalue weighted by atomic mass is 32.2. The van der Waals surface area contributed by atoms with E-state index in [9.17, 15) is 13.2 Å². The van der Waals surface area contributed by atoms with Crippen molar-refractivity contribution in [1.29, 1.82) is 0 Å². The van der Waals surface area contributed by atoms with Gasteiger partial charge in [-0.1, -0.05) is 0 Å². The molecule has 168 valence electrons. The Morgan fingerprint density at radius 1 is 1.10 bits per heavy atom. The van der Waals surface area contributed by atoms with Crippen LogP contribution in [0.15, 0.2) is 47.6 Å². The molecule has 0 aliphatic heterocycles. The van der Waals surface area contributed by atoms with E-state index in [1.54, 1.807) is 30.3 Å². The van der Waals surface area contributed by atoms with Crippen LogP contribution in [0.3, 0.4) is 0 Å². The Bertz CT molecular complexity index is 1020. The predicted octanol–water partition coefficient (Wildman–Crippen LogP) is 2.41. The van der Waals surface area contributed by atoms with Crippen LogP contribution >= 0.6 is 0 Å². The second-order valence-corrected chi connectivity index (χ2v) is 8.74. The summed E-state index contributed by atoms with van der Waals surface area (Å²) in [6.07, 6.45) is 2.53. The molecule has 9 nitrogen and oxygen atoms in total. The number of methoxy groups -OCH3 is 2. The number of nitrogens with one attached hydrogen (secondary N) is 1. The molecule has 2 aromatic carbocycles. The summed E-state index contributed by atoms with van der Waals surface area (Å²) in [6, 6.07) is 11.8. The number of amides is 1. The molecular weight excluding hydrogens is 422 g/mol. The molecule has 0 saturated heterocycles. The molecule has 1 N–H and O–H groups in total. The van der Waals surface area contributed by atoms with E-state index in [-0.39, 0.29) is 17.5 Å². The molecule has 0 atom stereocenters. The first-order chi connectivity index (χ1) is 14.6. The van der Waals surface area contributed by atoms with E-state index in [1.807, 2.05) is 13.8 Å². The molecule has 0 aliphatic rings. The van der Waals surface area contributed by atoms with E-state index in [0.717, 1.165) is 21.9 Å². The fraction of sp³-hybridized carbons (Fsp3) is 0.333. The average Bonchev–Trinajstić information content (AvgIpc) is 2.71. The Balaban J connectivity index is 2.09. The molecular formula is C21H27N3O6S. The molecule has 31 heavy (non-hydrogen) atoms. The molecule has 0 fully saturated rings. The SMILES string of the molecule is COc1ccc(N(CC(=O)N/N=C\c2ccc(OC(C)C)cc2)S(C)(=O)=O)c(OC)c1. The van der Waals surface area contributed by atoms with E-state index in [4.69, 9.17) is 14.2 Å². The quantitative estimate of drug-likeness (QED) is 0.441. The molecule has 0 bridgehead atoms. The lowest BCUT2D eigenvalue weighted by molar-refractivity contribution is -0.119. The highest BCUT2D eigenvalue weighted by molar-refractivity contribution is 7.92. The third-order valence-electron chi connectivity index (χ3n) is 4.00. The van der Waals surface area contributed by atoms with Crippen LogP contribution < -0.4 is 23.9 Å². The van der Waals surface area contributed by atoms with Crippen molar-refractivity contribution in [3.05, 3.63) is 48.0 Å². The molecule has 10 heteroatoms. The molecule has 0 radical (unpaired) electrons. The van der Waals surface area contributed by atoms with Crippen molar-refractivity contribution >= 4 is 27.8 Å². The smallest absolute Gasteiger partial charge is 0.260 e. The molecule has 0 unspecified atom stereocenters. The summed E-state index contributed by atoms with van der Waals surface area (Å²) in [4.78, 5) is 12.3. The number of ether oxygens (including phenoxy) is 3. The molecule has 1 amide bonds. The van der Waals surface area contributed by atoms with E-state index < -0.39 is 22.5 Å². The van der Waals surface area contributed by atoms with Gasteiger partial charge in [0.25, 0.3) is 5.91 Å². The summed E-state index contributed by atoms with van der Waals surface area (Å²) >= 11 is 0. The first kappa shape index (κ1) is 24.0. The maximum Gasteiger partial charge on any atom is 0.260 e. The van der Waals surface area contributed by atoms with Gasteiger partial charge in [0.2, 0.25) is 10.0 Å². The Hall–Kier alpha value is -3.27. The molecule has 2 rings (SSSR count). The summed E-state index contributed by atoms with van der Waals surface area (Å²) < 4.78 is 41.5. The van der Waals surface area contributed by atoms with Gasteiger partial charge in [0.15, 0.2) is 0 Å². The van der Waals surface area contributed by atoms with Gasteiger partial charge in [0, 0.05) is 6.07 Å². The highest BCUT2D eigenvalue weighted by Crippen LogP contribution is 2.33. The summed E-state index contributed by atoms with van der Waals surface area (Å²) in [5.41, 5.74) is 3.30. The van der Waals surface area contributed by atoms with Crippen molar-refractivity contribution in [2.24, 2.45) is 5.10 Å². The summed E-state index contributed by atoms with van der Waals surface area (Å²) in [6.45, 7) is 3.40. The van der Waals surface area contributed by atoms with Gasteiger partial charge in [0.05, 0.1) is 38.5 Å². The van der Waals surface area contributed by atoms with Gasteiger partial charge in [-0.3, -0.25) is 9.10 Å². The number of sulfonamides is 1. The summed E-state index contributed by atoms with van der Waals surface area (Å²) in [7, 11) is -0.883. The number of carbonyl (C=O) groups excluding carboxylic acids is 1. The normalized spacial score (nSPS) is 11.4. The largest absolute Gasteiger partial charge is 0.497 e. The lowest BCUT2D eigenvalue weighted by atomic mass is 10.2. The monoisotopic (exact) mass is 449 g/mol. The number of hydrogen-bond acceptors (Lipinski definition) is 7. The van der Waals surface area contributed by atoms with Crippen LogP contribution in [0.4, 0.5) is 5.69 Å². The number of benzene rings is 2. The molecule has 0 aliphatic carbocycles. The predicted molar refractivity (Wildman–Crippen MR) is 120 cm³/mol. The van der Waals surface area contributed by atoms with Gasteiger partial charge >= 0.3 is 0 Å². The van der Waals surface area contributed by atoms with Crippen molar-refractivity contribution in [3.63, 3.8) is 0 Å². The maximum atomic E-state index is 12.3. The molecule has 0 heterocycles. The summed E-state index contributed by atoms with van der Waals surface area (Å²) in [5.74, 6) is 0.866. The third kappa shape index (κ3) is 7.18. The number of anilines is 1. The number of carbonyl (C=O) groups is 1. The number of hydrogen-bond donors (Lipinski definition) is 1. The average molecular weight is 450 g/mol. The van der Waals surface area contributed by atoms with Gasteiger partial charge < -0.3 is 14.2 Å². The van der Waals surface area contributed by atoms with Crippen LogP contribution in [0, 0.1) is 0 Å². The highest BCUT2D eigenvalue weighted by Gasteiger charge is 2.24. The van der Waals surface area contributed by atoms with Crippen molar-refractivity contribution in [2.45, 2.75) is 20.0 Å². The van der Waals surface area contributed by atoms with E-state index in [0.29, 0.717) is 5.75 Å². The zero-order valence-electron chi connectivity index (χ0n) is 18.2. The molecule has 0 saturated carbocycles. The Kier molecular flexibility index (Phi) is 8.26. The Labute approximate surface area is 182 Å². The van der Waals surface area contributed by atoms with E-state index in [2.05, 4.69) is 10.5 Å². The van der Waals surface area contributed by atoms with Crippen LogP contribution in [0.1, 0.15) is 19.4 Å². The summed E-state index contributed by atoms with van der Waals surface area (Å²) in [5, 5.41) is 3.89. The molecule has 0 aromatic heterocycles. The third-order valence-corrected chi connectivity index (χ3v) is 5.12. The minimum Gasteiger partial charge on any atom is -0.497 e. The first-order valence-electron chi connectivity index (χ1n) is 9.42. The van der Waals surface area contributed by atoms with Crippen molar-refractivity contribution < 1.29 is 27.4 Å². The second-order valence-electron chi connectivity index (χ2n) is 6.84. The van der Waals surface area contributed by atoms with Crippen molar-refractivity contribution in [3.8, 4) is 17.2 Å². The van der Waals surface area contributed by atoms with Crippen LogP contribution in [-0.4, -0.2) is 53.7 Å². The standard InChI is InChI=1S/C21H27N3O6S/c1-15(2)30-17-8-6-16(7-9-17)13-22-23-21(25)14-24(31(5,26)27)19-11-10-18(28-3)12-20(19)29-4/h6-13,15H,14H2,1-5H3,(H,23,25)/b22-13-. The first-order valence-corrected chi connectivity index (χ1v) is 11.3. The maximum absolute atomic E-state index is 12.3. The second kappa shape index (κ2) is 10.7. The van der Waals surface area contributed by atoms with Gasteiger partial charge in [0.1, 0.15) is 23.8 Å². The fourth-order valence-electron chi connectivity index (χ4n) is 2.62. The topological polar surface area (TPSA) is 107 Å². The van der Waals surface area contributed by atoms with E-state index in [1.165, 1.54) is 32.6 Å². The van der Waals surface area contributed by atoms with E-state index >= 15 is 0 Å². The Morgan fingerprint density at radius 2 is 1.74 bits per heavy atom. The van der Waals surface area contributed by atoms with Crippen LogP contribution in [-0.2, 0) is 14.8 Å². The lowest BCUT2D eigenvalue weighted by Gasteiger charge is -2.23. The minimum atomic E-state index is -3.77. The number of hydrazone groups is 1. The zero-order chi connectivity index (χ0) is 23.0. The van der Waals surface area contributed by atoms with Crippen molar-refractivity contribution in [1.82, 2.24) is 5.43 Å². The minimum absolute atomic E-state index is 0.0703. The zero-order valence-corrected chi connectivity index (χ0v) is 19.0. The number of rotatable bonds is 10. The van der Waals surface area contributed by atoms with Gasteiger partial charge in [-0.15, -0.1) is 0 Å². The van der Waals surface area contributed by atoms with Gasteiger partial charge in [-0.05, 0) is 55.8 Å². The van der Waals surface area contributed by atoms with Crippen LogP contribution in [0.5, 0.6) is 17.2 Å². The lowest BCUT2D eigenvalue weighted by Crippen LogP contribution is -2.39. The van der Waals surface area contributed by atoms with Crippen LogP contribution in [0.25, 0.3) is 0 Å². The van der Waals surface area contributed by atoms with Crippen LogP contribution in [0.2, 0.25) is 0 Å². The van der Waals surface area contributed by atoms with Gasteiger partial charge in [-0.2, -0.15) is 5.10 Å².